The number of ketones is 1. The summed E-state index contributed by atoms with van der Waals surface area (Å²) in [5.74, 6) is -1.50. The molecule has 11 heteroatoms. The van der Waals surface area contributed by atoms with Crippen LogP contribution in [0.5, 0.6) is 17.2 Å². The predicted octanol–water partition coefficient (Wildman–Crippen LogP) is 3.21. The summed E-state index contributed by atoms with van der Waals surface area (Å²) in [5.41, 5.74) is 1.69. The van der Waals surface area contributed by atoms with Gasteiger partial charge in [0.15, 0.2) is 11.5 Å². The van der Waals surface area contributed by atoms with Crippen molar-refractivity contribution in [1.82, 2.24) is 14.8 Å². The molecule has 212 valence electrons. The van der Waals surface area contributed by atoms with Crippen LogP contribution in [0.3, 0.4) is 0 Å². The van der Waals surface area contributed by atoms with Gasteiger partial charge in [0.1, 0.15) is 11.5 Å². The van der Waals surface area contributed by atoms with Crippen molar-refractivity contribution in [3.63, 3.8) is 0 Å². The van der Waals surface area contributed by atoms with E-state index in [1.807, 2.05) is 19.0 Å². The number of hydrogen-bond donors (Lipinski definition) is 2. The van der Waals surface area contributed by atoms with E-state index in [-0.39, 0.29) is 35.7 Å². The Bertz CT molecular complexity index is 1270. The lowest BCUT2D eigenvalue weighted by Gasteiger charge is -2.27. The maximum atomic E-state index is 13.5. The molecule has 1 aromatic carbocycles. The SMILES string of the molecule is CCOC(=O)c1[nH]c(C)c(/C(O)=C2\C(=O)C(=O)N(CCCN(C)C)[C@H]2c2cc(OC)c(OC)c(OC)c2)c1C. The summed E-state index contributed by atoms with van der Waals surface area (Å²) >= 11 is 0. The van der Waals surface area contributed by atoms with Crippen molar-refractivity contribution in [3.05, 3.63) is 45.8 Å². The third-order valence-corrected chi connectivity index (χ3v) is 6.70. The first-order valence-electron chi connectivity index (χ1n) is 12.6. The number of aryl methyl sites for hydroxylation is 1. The fourth-order valence-electron chi connectivity index (χ4n) is 4.92. The maximum Gasteiger partial charge on any atom is 0.355 e. The molecule has 1 fully saturated rings. The topological polar surface area (TPSA) is 131 Å². The Kier molecular flexibility index (Phi) is 9.28. The maximum absolute atomic E-state index is 13.5. The predicted molar refractivity (Wildman–Crippen MR) is 145 cm³/mol. The number of carbonyl (C=O) groups excluding carboxylic acids is 3. The molecule has 1 amide bonds. The first kappa shape index (κ1) is 29.6. The number of H-pyrrole nitrogens is 1. The van der Waals surface area contributed by atoms with Crippen molar-refractivity contribution in [2.24, 2.45) is 0 Å². The van der Waals surface area contributed by atoms with Crippen LogP contribution in [0.15, 0.2) is 17.7 Å². The number of methoxy groups -OCH3 is 3. The Morgan fingerprint density at radius 2 is 1.69 bits per heavy atom. The number of aromatic nitrogens is 1. The molecule has 1 aliphatic rings. The van der Waals surface area contributed by atoms with Crippen LogP contribution in [-0.2, 0) is 14.3 Å². The number of amides is 1. The van der Waals surface area contributed by atoms with Crippen molar-refractivity contribution in [2.75, 3.05) is 55.1 Å². The van der Waals surface area contributed by atoms with E-state index in [1.54, 1.807) is 32.9 Å². The third-order valence-electron chi connectivity index (χ3n) is 6.70. The van der Waals surface area contributed by atoms with Gasteiger partial charge in [-0.3, -0.25) is 9.59 Å². The largest absolute Gasteiger partial charge is 0.507 e. The second-order valence-electron chi connectivity index (χ2n) is 9.45. The molecule has 0 radical (unpaired) electrons. The van der Waals surface area contributed by atoms with E-state index >= 15 is 0 Å². The summed E-state index contributed by atoms with van der Waals surface area (Å²) in [6.45, 7) is 6.14. The number of nitrogens with one attached hydrogen (secondary N) is 1. The lowest BCUT2D eigenvalue weighted by Crippen LogP contribution is -2.32. The number of aliphatic hydroxyl groups is 1. The van der Waals surface area contributed by atoms with Gasteiger partial charge in [-0.2, -0.15) is 0 Å². The highest BCUT2D eigenvalue weighted by atomic mass is 16.5. The summed E-state index contributed by atoms with van der Waals surface area (Å²) in [4.78, 5) is 45.7. The van der Waals surface area contributed by atoms with Crippen molar-refractivity contribution in [1.29, 1.82) is 0 Å². The molecule has 2 aromatic rings. The highest BCUT2D eigenvalue weighted by Gasteiger charge is 2.47. The molecule has 2 heterocycles. The summed E-state index contributed by atoms with van der Waals surface area (Å²) in [6, 6.07) is 2.37. The fraction of sp³-hybridized carbons (Fsp3) is 0.464. The van der Waals surface area contributed by atoms with E-state index < -0.39 is 23.7 Å². The molecule has 1 saturated heterocycles. The molecule has 0 bridgehead atoms. The number of aromatic amines is 1. The highest BCUT2D eigenvalue weighted by molar-refractivity contribution is 6.46. The number of nitrogens with zero attached hydrogens (tertiary/aromatic N) is 2. The molecule has 2 N–H and O–H groups in total. The zero-order valence-electron chi connectivity index (χ0n) is 23.8. The quantitative estimate of drug-likeness (QED) is 0.190. The minimum atomic E-state index is -0.944. The van der Waals surface area contributed by atoms with Gasteiger partial charge >= 0.3 is 5.97 Å². The molecule has 1 aliphatic heterocycles. The van der Waals surface area contributed by atoms with Crippen molar-refractivity contribution in [3.8, 4) is 17.2 Å². The van der Waals surface area contributed by atoms with Gasteiger partial charge in [0.05, 0.1) is 39.6 Å². The second kappa shape index (κ2) is 12.2. The molecular formula is C28H37N3O8. The Morgan fingerprint density at radius 3 is 2.21 bits per heavy atom. The van der Waals surface area contributed by atoms with Gasteiger partial charge in [0.2, 0.25) is 5.75 Å². The Morgan fingerprint density at radius 1 is 1.08 bits per heavy atom. The number of Topliss-reactive ketones (excluding diaryl/α,β-unsaturated/α-hetero) is 1. The van der Waals surface area contributed by atoms with Crippen molar-refractivity contribution in [2.45, 2.75) is 33.2 Å². The van der Waals surface area contributed by atoms with Gasteiger partial charge < -0.3 is 38.8 Å². The van der Waals surface area contributed by atoms with Crippen LogP contribution in [-0.4, -0.2) is 92.7 Å². The number of ether oxygens (including phenoxy) is 4. The molecule has 0 spiro atoms. The number of benzene rings is 1. The Balaban J connectivity index is 2.28. The standard InChI is InChI=1S/C28H37N3O8/c1-9-39-28(35)22-15(2)20(16(3)29-22)24(32)21-23(31(27(34)25(21)33)12-10-11-30(4)5)17-13-18(36-6)26(38-8)19(14-17)37-7/h13-14,23,29,32H,9-12H2,1-8H3/b24-21+/t23-/m0/s1. The fourth-order valence-corrected chi connectivity index (χ4v) is 4.92. The van der Waals surface area contributed by atoms with Gasteiger partial charge in [-0.25, -0.2) is 4.79 Å². The molecule has 1 atom stereocenters. The zero-order valence-corrected chi connectivity index (χ0v) is 23.8. The molecule has 39 heavy (non-hydrogen) atoms. The summed E-state index contributed by atoms with van der Waals surface area (Å²) < 4.78 is 21.6. The Labute approximate surface area is 228 Å². The van der Waals surface area contributed by atoms with E-state index in [0.717, 1.165) is 0 Å². The second-order valence-corrected chi connectivity index (χ2v) is 9.45. The highest BCUT2D eigenvalue weighted by Crippen LogP contribution is 2.46. The van der Waals surface area contributed by atoms with Crippen LogP contribution < -0.4 is 14.2 Å². The monoisotopic (exact) mass is 543 g/mol. The van der Waals surface area contributed by atoms with Gasteiger partial charge in [0, 0.05) is 17.8 Å². The lowest BCUT2D eigenvalue weighted by atomic mass is 9.93. The van der Waals surface area contributed by atoms with Crippen LogP contribution in [0, 0.1) is 13.8 Å². The number of likely N-dealkylation sites (tertiary alicyclic amines) is 1. The minimum Gasteiger partial charge on any atom is -0.507 e. The van der Waals surface area contributed by atoms with E-state index in [9.17, 15) is 19.5 Å². The average molecular weight is 544 g/mol. The summed E-state index contributed by atoms with van der Waals surface area (Å²) in [6.07, 6.45) is 0.593. The molecule has 0 aliphatic carbocycles. The van der Waals surface area contributed by atoms with Gasteiger partial charge in [0.25, 0.3) is 11.7 Å². The molecular weight excluding hydrogens is 506 g/mol. The lowest BCUT2D eigenvalue weighted by molar-refractivity contribution is -0.139. The van der Waals surface area contributed by atoms with Crippen LogP contribution >= 0.6 is 0 Å². The minimum absolute atomic E-state index is 0.0975. The van der Waals surface area contributed by atoms with Crippen molar-refractivity contribution >= 4 is 23.4 Å². The van der Waals surface area contributed by atoms with Crippen LogP contribution in [0.4, 0.5) is 0 Å². The van der Waals surface area contributed by atoms with Gasteiger partial charge in [-0.05, 0) is 71.1 Å². The van der Waals surface area contributed by atoms with E-state index in [0.29, 0.717) is 47.0 Å². The number of aliphatic hydroxyl groups excluding tert-OH is 1. The first-order valence-corrected chi connectivity index (χ1v) is 12.6. The van der Waals surface area contributed by atoms with E-state index in [2.05, 4.69) is 4.98 Å². The smallest absolute Gasteiger partial charge is 0.355 e. The number of hydrogen-bond acceptors (Lipinski definition) is 9. The van der Waals surface area contributed by atoms with Crippen LogP contribution in [0.25, 0.3) is 5.76 Å². The Hall–Kier alpha value is -3.99. The summed E-state index contributed by atoms with van der Waals surface area (Å²) in [5, 5.41) is 11.6. The third kappa shape index (κ3) is 5.58. The van der Waals surface area contributed by atoms with Gasteiger partial charge in [-0.15, -0.1) is 0 Å². The molecule has 1 aromatic heterocycles. The van der Waals surface area contributed by atoms with Gasteiger partial charge in [-0.1, -0.05) is 0 Å². The number of rotatable bonds is 11. The molecule has 11 nitrogen and oxygen atoms in total. The van der Waals surface area contributed by atoms with Crippen LogP contribution in [0.1, 0.15) is 52.3 Å². The van der Waals surface area contributed by atoms with Crippen molar-refractivity contribution < 1.29 is 38.4 Å². The van der Waals surface area contributed by atoms with E-state index in [1.165, 1.54) is 26.2 Å². The number of carbonyl (C=O) groups is 3. The van der Waals surface area contributed by atoms with Crippen LogP contribution in [0.2, 0.25) is 0 Å². The zero-order chi connectivity index (χ0) is 29.0. The number of esters is 1. The molecule has 0 saturated carbocycles. The molecule has 3 rings (SSSR count). The first-order chi connectivity index (χ1) is 18.5. The normalized spacial score (nSPS) is 16.6. The summed E-state index contributed by atoms with van der Waals surface area (Å²) in [7, 11) is 8.26. The average Bonchev–Trinajstić information content (AvgIpc) is 3.34. The molecule has 0 unspecified atom stereocenters. The van der Waals surface area contributed by atoms with E-state index in [4.69, 9.17) is 18.9 Å².